The van der Waals surface area contributed by atoms with Gasteiger partial charge in [0.05, 0.1) is 90.4 Å². The van der Waals surface area contributed by atoms with Crippen molar-refractivity contribution in [2.45, 2.75) is 108 Å². The quantitative estimate of drug-likeness (QED) is 0.0200. The van der Waals surface area contributed by atoms with Gasteiger partial charge in [-0.1, -0.05) is 107 Å². The molecule has 6 aromatic heterocycles. The number of nitrogens with one attached hydrogen (secondary N) is 3. The lowest BCUT2D eigenvalue weighted by atomic mass is 10.2. The molecule has 0 spiro atoms. The molecule has 0 aliphatic heterocycles. The van der Waals surface area contributed by atoms with Crippen LogP contribution in [0, 0.1) is 5.53 Å². The van der Waals surface area contributed by atoms with Crippen molar-refractivity contribution in [3.05, 3.63) is 228 Å². The number of methoxy groups -OCH3 is 2. The number of carboxylic acid groups (broad SMARTS) is 1. The first-order valence-corrected chi connectivity index (χ1v) is 38.6. The monoisotopic (exact) mass is 1830 g/mol. The molecule has 6 heterocycles. The van der Waals surface area contributed by atoms with Crippen molar-refractivity contribution in [2.75, 3.05) is 56.1 Å². The van der Waals surface area contributed by atoms with Crippen molar-refractivity contribution in [3.8, 4) is 0 Å². The minimum Gasteiger partial charge on any atom is -0.476 e. The first kappa shape index (κ1) is 101. The lowest BCUT2D eigenvalue weighted by Gasteiger charge is -2.29. The highest BCUT2D eigenvalue weighted by Gasteiger charge is 2.41. The number of hydrogen-bond acceptors (Lipinski definition) is 20. The van der Waals surface area contributed by atoms with E-state index in [1.165, 1.54) is 29.3 Å². The summed E-state index contributed by atoms with van der Waals surface area (Å²) in [6, 6.07) is 24.9. The van der Waals surface area contributed by atoms with E-state index >= 15 is 0 Å². The summed E-state index contributed by atoms with van der Waals surface area (Å²) in [5, 5.41) is 15.4. The van der Waals surface area contributed by atoms with Gasteiger partial charge in [0, 0.05) is 69.5 Å². The molecule has 0 fully saturated rings. The number of nitrogens with zero attached hydrogens (tertiary/aromatic N) is 13. The lowest BCUT2D eigenvalue weighted by Crippen LogP contribution is -2.40. The number of amides is 2. The maximum absolute atomic E-state index is 13.7. The fourth-order valence-electron chi connectivity index (χ4n) is 9.32. The summed E-state index contributed by atoms with van der Waals surface area (Å²) in [6.07, 6.45) is -6.66. The maximum atomic E-state index is 13.7. The largest absolute Gasteiger partial charge is 0.476 e. The zero-order chi connectivity index (χ0) is 85.6. The van der Waals surface area contributed by atoms with Gasteiger partial charge in [0.1, 0.15) is 30.9 Å². The van der Waals surface area contributed by atoms with Crippen molar-refractivity contribution in [1.29, 1.82) is 5.53 Å². The maximum Gasteiger partial charge on any atom is 0.417 e. The number of aromatic carboxylic acids is 1. The SMILES string of the molecule is C.C.CC(C)N(C(=O)c1ncc(Cl)cc1NS(=O)(=O)c1ccc(Cl)c(C(F)(F)F)c1)c1ccccn1.CC(C)Nc1ccccn1.COCN(c1cc(Cl)cnc1C(=O)N(c1ccccn1)C(C)C)S(=O)(=O)c1ccc(Cl)c(C(F)(F)F)c1.COCN(c1cc(Cl)cnc1C(=O)O)S(=O)(=O)c1ccc(Cl)c(C(F)(F)F)c1.N=NN=NCl. The second-order valence-corrected chi connectivity index (χ2v) is 31.2. The summed E-state index contributed by atoms with van der Waals surface area (Å²) < 4.78 is 214. The number of carbonyl (C=O) groups excluding carboxylic acids is 2. The zero-order valence-electron chi connectivity index (χ0n) is 59.8. The number of alkyl halides is 9. The fraction of sp³-hybridized carbons (Fsp3) is 0.261. The molecule has 9 rings (SSSR count). The van der Waals surface area contributed by atoms with E-state index in [4.69, 9.17) is 84.6 Å². The zero-order valence-corrected chi connectivity index (χ0v) is 67.5. The topological polar surface area (TPSA) is 368 Å². The third-order valence-corrected chi connectivity index (χ3v) is 20.6. The van der Waals surface area contributed by atoms with Crippen LogP contribution in [0.2, 0.25) is 30.1 Å². The van der Waals surface area contributed by atoms with Crippen LogP contribution in [0.4, 0.5) is 74.0 Å². The summed E-state index contributed by atoms with van der Waals surface area (Å²) in [5.74, 6) is -1.48. The highest BCUT2D eigenvalue weighted by molar-refractivity contribution is 7.93. The molecule has 9 aromatic rings. The second kappa shape index (κ2) is 44.2. The Morgan fingerprint density at radius 1 is 0.509 bits per heavy atom. The van der Waals surface area contributed by atoms with Gasteiger partial charge < -0.3 is 19.9 Å². The van der Waals surface area contributed by atoms with Gasteiger partial charge in [-0.05, 0) is 161 Å². The normalized spacial score (nSPS) is 11.5. The summed E-state index contributed by atoms with van der Waals surface area (Å²) >= 11 is 39.2. The average molecular weight is 1830 g/mol. The average Bonchev–Trinajstić information content (AvgIpc) is 0.763. The molecular weight excluding hydrogens is 1760 g/mol. The number of pyridine rings is 6. The highest BCUT2D eigenvalue weighted by Crippen LogP contribution is 2.41. The van der Waals surface area contributed by atoms with Gasteiger partial charge in [0.15, 0.2) is 17.1 Å². The first-order chi connectivity index (χ1) is 53.2. The van der Waals surface area contributed by atoms with E-state index in [1.807, 2.05) is 18.2 Å². The van der Waals surface area contributed by atoms with Gasteiger partial charge in [0.25, 0.3) is 41.9 Å². The molecule has 0 atom stereocenters. The molecule has 0 saturated carbocycles. The Morgan fingerprint density at radius 2 is 0.871 bits per heavy atom. The van der Waals surface area contributed by atoms with Gasteiger partial charge in [-0.25, -0.2) is 68.6 Å². The molecule has 0 aliphatic rings. The van der Waals surface area contributed by atoms with Crippen LogP contribution in [0.15, 0.2) is 194 Å². The molecule has 0 saturated heterocycles. The number of ether oxygens (including phenoxy) is 2. The van der Waals surface area contributed by atoms with Gasteiger partial charge in [0.2, 0.25) is 0 Å². The standard InChI is InChI=1S/C23H21Cl2F3N4O4S.C21H17Cl2F3N4O3S.C15H11Cl2F3N2O5S.C8H12N2.2CH4.ClHN4/c1-14(2)32(20-6-4-5-9-29-20)22(33)21-19(10-15(24)12-30-21)31(13-36-3)37(34,35)16-7-8-18(25)17(11-16)23(26,27)28;1-12(2)30(18-5-3-4-8-27-18)20(31)19-17(9-13(22)11-28-19)29-34(32,33)14-6-7-16(23)15(10-14)21(24,25)26;1-27-7-22(12-4-8(16)6-21-13(12)14(23)24)28(25,26)9-2-3-11(17)10(5-9)15(18,19)20;1-7(2)10-8-5-3-4-6-9-8;;;1-3-5-4-2/h4-12,14H,13H2,1-3H3;3-12,29H,1-2H3;2-6H,7H2,1H3,(H,23,24);3-7H,1-2H3,(H,9,10);2*1H4;2H. The van der Waals surface area contributed by atoms with Gasteiger partial charge in [-0.15, -0.1) is 0 Å². The Hall–Kier alpha value is -9.46. The Balaban J connectivity index is 0.000000411. The number of sulfonamides is 3. The molecule has 116 heavy (non-hydrogen) atoms. The van der Waals surface area contributed by atoms with Crippen molar-refractivity contribution < 1.29 is 93.7 Å². The molecule has 2 amide bonds. The minimum atomic E-state index is -4.91. The van der Waals surface area contributed by atoms with Crippen molar-refractivity contribution in [3.63, 3.8) is 0 Å². The Morgan fingerprint density at radius 3 is 1.21 bits per heavy atom. The summed E-state index contributed by atoms with van der Waals surface area (Å²) in [5.41, 5.74) is -0.587. The predicted molar refractivity (Wildman–Crippen MR) is 423 cm³/mol. The fourth-order valence-corrected chi connectivity index (χ4v) is 14.4. The van der Waals surface area contributed by atoms with Crippen LogP contribution < -0.4 is 28.4 Å². The molecule has 0 radical (unpaired) electrons. The highest BCUT2D eigenvalue weighted by atomic mass is 35.5. The van der Waals surface area contributed by atoms with E-state index in [0.717, 1.165) is 86.1 Å². The van der Waals surface area contributed by atoms with Crippen LogP contribution in [-0.2, 0) is 58.1 Å². The number of carbonyl (C=O) groups is 3. The van der Waals surface area contributed by atoms with Gasteiger partial charge in [-0.2, -0.15) is 45.0 Å². The van der Waals surface area contributed by atoms with Crippen molar-refractivity contribution >= 4 is 164 Å². The second-order valence-electron chi connectivity index (χ2n) is 23.2. The minimum absolute atomic E-state index is 0. The Labute approximate surface area is 695 Å². The number of halogens is 16. The molecule has 28 nitrogen and oxygen atoms in total. The van der Waals surface area contributed by atoms with Crippen LogP contribution in [0.5, 0.6) is 0 Å². The van der Waals surface area contributed by atoms with E-state index in [9.17, 15) is 84.3 Å². The Kier molecular flexibility index (Phi) is 38.4. The molecule has 47 heteroatoms. The van der Waals surface area contributed by atoms with Crippen LogP contribution in [0.25, 0.3) is 0 Å². The van der Waals surface area contributed by atoms with E-state index in [-0.39, 0.29) is 58.5 Å². The van der Waals surface area contributed by atoms with Gasteiger partial charge in [-0.3, -0.25) is 24.1 Å². The smallest absolute Gasteiger partial charge is 0.417 e. The number of rotatable bonds is 23. The van der Waals surface area contributed by atoms with Crippen molar-refractivity contribution in [1.82, 2.24) is 29.9 Å². The molecule has 0 unspecified atom stereocenters. The first-order valence-electron chi connectivity index (χ1n) is 31.6. The molecule has 0 bridgehead atoms. The van der Waals surface area contributed by atoms with E-state index in [0.29, 0.717) is 38.7 Å². The molecule has 4 N–H and O–H groups in total. The van der Waals surface area contributed by atoms with Crippen molar-refractivity contribution in [2.24, 2.45) is 15.1 Å². The number of benzene rings is 3. The van der Waals surface area contributed by atoms with Crippen LogP contribution in [0.1, 0.15) is 105 Å². The summed E-state index contributed by atoms with van der Waals surface area (Å²) in [6.45, 7) is 9.69. The van der Waals surface area contributed by atoms with Gasteiger partial charge >= 0.3 is 24.5 Å². The third kappa shape index (κ3) is 27.6. The molecule has 628 valence electrons. The van der Waals surface area contributed by atoms with Crippen LogP contribution >= 0.6 is 81.4 Å². The van der Waals surface area contributed by atoms with Crippen LogP contribution in [0.3, 0.4) is 0 Å². The third-order valence-electron chi connectivity index (χ3n) is 14.1. The number of carboxylic acids is 1. The molecular formula is C69H70Cl7F9N16O12S3. The summed E-state index contributed by atoms with van der Waals surface area (Å²) in [4.78, 5) is 62.8. The Bertz CT molecular complexity index is 5230. The van der Waals surface area contributed by atoms with Crippen LogP contribution in [-0.4, -0.2) is 124 Å². The number of aromatic nitrogens is 6. The summed E-state index contributed by atoms with van der Waals surface area (Å²) in [7, 11) is -11.7. The predicted octanol–water partition coefficient (Wildman–Crippen LogP) is 19.9. The van der Waals surface area contributed by atoms with E-state index in [2.05, 4.69) is 80.6 Å². The lowest BCUT2D eigenvalue weighted by molar-refractivity contribution is -0.138. The number of anilines is 6. The van der Waals surface area contributed by atoms with E-state index < -0.39 is 150 Å². The van der Waals surface area contributed by atoms with E-state index in [1.54, 1.807) is 70.3 Å². The molecule has 3 aromatic carbocycles. The number of hydrogen-bond donors (Lipinski definition) is 4. The molecule has 0 aliphatic carbocycles.